The summed E-state index contributed by atoms with van der Waals surface area (Å²) < 4.78 is 45.1. The number of carbonyl (C=O) groups excluding carboxylic acids is 2. The van der Waals surface area contributed by atoms with E-state index in [9.17, 15) is 22.8 Å². The van der Waals surface area contributed by atoms with Gasteiger partial charge in [0, 0.05) is 51.1 Å². The maximum absolute atomic E-state index is 13.0. The van der Waals surface area contributed by atoms with Crippen molar-refractivity contribution in [3.8, 4) is 0 Å². The molecule has 1 N–H and O–H groups in total. The normalized spacial score (nSPS) is 19.0. The average Bonchev–Trinajstić information content (AvgIpc) is 3.21. The monoisotopic (exact) mass is 468 g/mol. The number of nitrogens with zero attached hydrogens (tertiary/aromatic N) is 3. The Morgan fingerprint density at radius 2 is 2.00 bits per heavy atom. The molecular weight excluding hydrogens is 445 g/mol. The number of halogens is 3. The number of carbonyl (C=O) groups is 2. The van der Waals surface area contributed by atoms with Crippen LogP contribution in [0.4, 0.5) is 18.3 Å². The molecule has 7 nitrogen and oxygen atoms in total. The number of ether oxygens (including phenoxy) is 1. The number of nitrogens with one attached hydrogen (secondary N) is 1. The van der Waals surface area contributed by atoms with Crippen molar-refractivity contribution in [1.82, 2.24) is 15.2 Å². The zero-order chi connectivity index (χ0) is 22.7. The lowest BCUT2D eigenvalue weighted by Crippen LogP contribution is -2.45. The summed E-state index contributed by atoms with van der Waals surface area (Å²) in [4.78, 5) is 33.1. The second-order valence-electron chi connectivity index (χ2n) is 7.61. The van der Waals surface area contributed by atoms with Crippen LogP contribution in [0.15, 0.2) is 29.8 Å². The molecule has 1 fully saturated rings. The molecule has 1 saturated heterocycles. The van der Waals surface area contributed by atoms with Gasteiger partial charge < -0.3 is 19.9 Å². The highest BCUT2D eigenvalue weighted by Gasteiger charge is 2.31. The lowest BCUT2D eigenvalue weighted by molar-refractivity contribution is -0.137. The number of benzene rings is 1. The van der Waals surface area contributed by atoms with Crippen LogP contribution in [0.2, 0.25) is 0 Å². The zero-order valence-electron chi connectivity index (χ0n) is 17.3. The van der Waals surface area contributed by atoms with E-state index in [0.29, 0.717) is 67.8 Å². The summed E-state index contributed by atoms with van der Waals surface area (Å²) in [5.74, 6) is -0.259. The van der Waals surface area contributed by atoms with Gasteiger partial charge in [0.2, 0.25) is 11.8 Å². The van der Waals surface area contributed by atoms with Gasteiger partial charge in [0.15, 0.2) is 5.13 Å². The van der Waals surface area contributed by atoms with Crippen molar-refractivity contribution in [1.29, 1.82) is 0 Å². The highest BCUT2D eigenvalue weighted by molar-refractivity contribution is 7.22. The second-order valence-corrected chi connectivity index (χ2v) is 8.62. The molecule has 172 valence electrons. The van der Waals surface area contributed by atoms with E-state index >= 15 is 0 Å². The summed E-state index contributed by atoms with van der Waals surface area (Å²) in [6.45, 7) is 2.85. The van der Waals surface area contributed by atoms with Crippen LogP contribution in [0.5, 0.6) is 0 Å². The van der Waals surface area contributed by atoms with Gasteiger partial charge in [-0.25, -0.2) is 4.98 Å². The fourth-order valence-electron chi connectivity index (χ4n) is 3.67. The number of amides is 2. The van der Waals surface area contributed by atoms with Crippen molar-refractivity contribution < 1.29 is 27.5 Å². The molecule has 0 bridgehead atoms. The van der Waals surface area contributed by atoms with E-state index < -0.39 is 11.7 Å². The number of anilines is 1. The Balaban J connectivity index is 1.55. The van der Waals surface area contributed by atoms with Gasteiger partial charge in [0.25, 0.3) is 0 Å². The van der Waals surface area contributed by atoms with Crippen molar-refractivity contribution in [3.05, 3.63) is 35.4 Å². The van der Waals surface area contributed by atoms with E-state index in [1.54, 1.807) is 11.0 Å². The molecule has 0 saturated carbocycles. The minimum Gasteiger partial charge on any atom is -0.377 e. The Hall–Kier alpha value is -2.66. The van der Waals surface area contributed by atoms with E-state index in [2.05, 4.69) is 10.3 Å². The topological polar surface area (TPSA) is 74.8 Å². The number of rotatable bonds is 2. The van der Waals surface area contributed by atoms with E-state index in [1.807, 2.05) is 4.90 Å². The molecule has 0 spiro atoms. The summed E-state index contributed by atoms with van der Waals surface area (Å²) in [6.07, 6.45) is -1.91. The Bertz CT molecular complexity index is 1040. The fraction of sp³-hybridized carbons (Fsp3) is 0.476. The Kier molecular flexibility index (Phi) is 6.66. The molecule has 1 aromatic carbocycles. The molecule has 2 aliphatic heterocycles. The number of aromatic nitrogens is 1. The lowest BCUT2D eigenvalue weighted by Gasteiger charge is -2.30. The molecule has 0 aliphatic carbocycles. The van der Waals surface area contributed by atoms with E-state index in [0.717, 1.165) is 12.1 Å². The van der Waals surface area contributed by atoms with Crippen LogP contribution in [-0.4, -0.2) is 67.6 Å². The number of fused-ring (bicyclic) bond motifs is 1. The number of hydrogen-bond acceptors (Lipinski definition) is 6. The maximum atomic E-state index is 13.0. The third-order valence-electron chi connectivity index (χ3n) is 5.45. The van der Waals surface area contributed by atoms with Crippen molar-refractivity contribution in [2.75, 3.05) is 50.8 Å². The third kappa shape index (κ3) is 5.21. The molecule has 0 unspecified atom stereocenters. The number of thiazole rings is 1. The van der Waals surface area contributed by atoms with Crippen molar-refractivity contribution in [2.45, 2.75) is 19.0 Å². The molecule has 11 heteroatoms. The lowest BCUT2D eigenvalue weighted by atomic mass is 10.1. The predicted molar refractivity (Wildman–Crippen MR) is 115 cm³/mol. The van der Waals surface area contributed by atoms with E-state index in [1.165, 1.54) is 17.4 Å². The van der Waals surface area contributed by atoms with Crippen LogP contribution in [0.25, 0.3) is 10.2 Å². The Morgan fingerprint density at radius 3 is 2.75 bits per heavy atom. The first-order valence-electron chi connectivity index (χ1n) is 10.4. The maximum Gasteiger partial charge on any atom is 0.416 e. The van der Waals surface area contributed by atoms with Gasteiger partial charge in [-0.1, -0.05) is 17.4 Å². The SMILES string of the molecule is O=C1CCN(C(=O)C2=CCOCC2)CCN(c2nc3cc(C(F)(F)F)ccc3s2)CCN1. The summed E-state index contributed by atoms with van der Waals surface area (Å²) in [5.41, 5.74) is 0.220. The number of hydrogen-bond donors (Lipinski definition) is 1. The number of alkyl halides is 3. The van der Waals surface area contributed by atoms with Gasteiger partial charge in [-0.05, 0) is 18.2 Å². The van der Waals surface area contributed by atoms with Crippen LogP contribution in [0, 0.1) is 0 Å². The summed E-state index contributed by atoms with van der Waals surface area (Å²) in [6, 6.07) is 3.52. The summed E-state index contributed by atoms with van der Waals surface area (Å²) in [7, 11) is 0. The molecule has 2 aromatic rings. The van der Waals surface area contributed by atoms with Gasteiger partial charge >= 0.3 is 6.18 Å². The highest BCUT2D eigenvalue weighted by atomic mass is 32.1. The zero-order valence-corrected chi connectivity index (χ0v) is 18.1. The quantitative estimate of drug-likeness (QED) is 0.734. The molecule has 32 heavy (non-hydrogen) atoms. The molecule has 0 atom stereocenters. The van der Waals surface area contributed by atoms with Crippen molar-refractivity contribution >= 4 is 38.5 Å². The molecule has 2 aliphatic rings. The first-order chi connectivity index (χ1) is 15.3. The Morgan fingerprint density at radius 1 is 1.16 bits per heavy atom. The van der Waals surface area contributed by atoms with Crippen LogP contribution < -0.4 is 10.2 Å². The summed E-state index contributed by atoms with van der Waals surface area (Å²) >= 11 is 1.29. The van der Waals surface area contributed by atoms with Gasteiger partial charge in [-0.15, -0.1) is 0 Å². The molecule has 3 heterocycles. The summed E-state index contributed by atoms with van der Waals surface area (Å²) in [5, 5.41) is 3.39. The van der Waals surface area contributed by atoms with Crippen molar-refractivity contribution in [2.24, 2.45) is 0 Å². The standard InChI is InChI=1S/C21H23F3N4O3S/c22-21(23,24)15-1-2-17-16(13-15)26-20(32-17)28-8-6-25-18(29)3-7-27(9-10-28)19(30)14-4-11-31-12-5-14/h1-2,4,13H,3,5-12H2,(H,25,29). The first-order valence-corrected chi connectivity index (χ1v) is 11.2. The predicted octanol–water partition coefficient (Wildman–Crippen LogP) is 2.82. The molecule has 4 rings (SSSR count). The van der Waals surface area contributed by atoms with Crippen LogP contribution in [0.3, 0.4) is 0 Å². The molecule has 1 aromatic heterocycles. The van der Waals surface area contributed by atoms with Crippen LogP contribution in [-0.2, 0) is 20.5 Å². The van der Waals surface area contributed by atoms with Gasteiger partial charge in [0.05, 0.1) is 29.0 Å². The van der Waals surface area contributed by atoms with E-state index in [-0.39, 0.29) is 23.8 Å². The first kappa shape index (κ1) is 22.5. The third-order valence-corrected chi connectivity index (χ3v) is 6.55. The van der Waals surface area contributed by atoms with Crippen LogP contribution in [0.1, 0.15) is 18.4 Å². The smallest absolute Gasteiger partial charge is 0.377 e. The molecular formula is C21H23F3N4O3S. The Labute approximate surface area is 186 Å². The molecule has 0 radical (unpaired) electrons. The fourth-order valence-corrected chi connectivity index (χ4v) is 4.66. The van der Waals surface area contributed by atoms with Gasteiger partial charge in [-0.3, -0.25) is 9.59 Å². The molecule has 2 amide bonds. The van der Waals surface area contributed by atoms with Crippen molar-refractivity contribution in [3.63, 3.8) is 0 Å². The van der Waals surface area contributed by atoms with Crippen LogP contribution >= 0.6 is 11.3 Å². The minimum absolute atomic E-state index is 0.110. The largest absolute Gasteiger partial charge is 0.416 e. The van der Waals surface area contributed by atoms with Gasteiger partial charge in [-0.2, -0.15) is 13.2 Å². The second kappa shape index (κ2) is 9.45. The van der Waals surface area contributed by atoms with Gasteiger partial charge in [0.1, 0.15) is 0 Å². The minimum atomic E-state index is -4.43. The van der Waals surface area contributed by atoms with E-state index in [4.69, 9.17) is 4.74 Å². The highest BCUT2D eigenvalue weighted by Crippen LogP contribution is 2.35. The average molecular weight is 469 g/mol.